The van der Waals surface area contributed by atoms with Gasteiger partial charge in [0.05, 0.1) is 12.7 Å². The second kappa shape index (κ2) is 4.49. The Morgan fingerprint density at radius 1 is 1.60 bits per heavy atom. The summed E-state index contributed by atoms with van der Waals surface area (Å²) in [4.78, 5) is 13.8. The first-order valence-corrected chi connectivity index (χ1v) is 5.82. The van der Waals surface area contributed by atoms with Crippen LogP contribution in [0.5, 0.6) is 0 Å². The molecule has 2 fully saturated rings. The number of nitrogens with zero attached hydrogens (tertiary/aromatic N) is 1. The Labute approximate surface area is 90.8 Å². The molecule has 1 aliphatic heterocycles. The Kier molecular flexibility index (Phi) is 3.26. The highest BCUT2D eigenvalue weighted by Crippen LogP contribution is 2.33. The number of hydrogen-bond acceptors (Lipinski definition) is 3. The van der Waals surface area contributed by atoms with Crippen LogP contribution in [0.25, 0.3) is 0 Å². The number of amides is 1. The minimum atomic E-state index is 0.0793. The minimum absolute atomic E-state index is 0.0793. The van der Waals surface area contributed by atoms with Crippen molar-refractivity contribution in [1.82, 2.24) is 4.90 Å². The first-order chi connectivity index (χ1) is 7.16. The van der Waals surface area contributed by atoms with Crippen molar-refractivity contribution in [3.05, 3.63) is 0 Å². The van der Waals surface area contributed by atoms with Gasteiger partial charge in [0.15, 0.2) is 0 Å². The van der Waals surface area contributed by atoms with E-state index in [0.717, 1.165) is 13.1 Å². The lowest BCUT2D eigenvalue weighted by Gasteiger charge is -2.31. The molecular weight excluding hydrogens is 192 g/mol. The monoisotopic (exact) mass is 212 g/mol. The van der Waals surface area contributed by atoms with Gasteiger partial charge in [-0.3, -0.25) is 4.79 Å². The molecule has 0 aromatic rings. The molecule has 15 heavy (non-hydrogen) atoms. The number of morpholine rings is 1. The van der Waals surface area contributed by atoms with Gasteiger partial charge in [0, 0.05) is 25.6 Å². The number of carbonyl (C=O) groups is 1. The highest BCUT2D eigenvalue weighted by molar-refractivity contribution is 5.77. The van der Waals surface area contributed by atoms with Gasteiger partial charge in [-0.25, -0.2) is 0 Å². The maximum Gasteiger partial charge on any atom is 0.224 e. The summed E-state index contributed by atoms with van der Waals surface area (Å²) in [7, 11) is 0. The topological polar surface area (TPSA) is 55.6 Å². The van der Waals surface area contributed by atoms with E-state index in [9.17, 15) is 4.79 Å². The second-order valence-corrected chi connectivity index (χ2v) is 4.73. The average Bonchev–Trinajstić information content (AvgIpc) is 3.00. The van der Waals surface area contributed by atoms with Crippen LogP contribution in [0.3, 0.4) is 0 Å². The van der Waals surface area contributed by atoms with E-state index < -0.39 is 0 Å². The van der Waals surface area contributed by atoms with Crippen LogP contribution in [0.1, 0.15) is 26.2 Å². The van der Waals surface area contributed by atoms with Gasteiger partial charge in [0.2, 0.25) is 5.91 Å². The van der Waals surface area contributed by atoms with Crippen LogP contribution in [-0.2, 0) is 9.53 Å². The third-order valence-corrected chi connectivity index (χ3v) is 3.23. The van der Waals surface area contributed by atoms with Gasteiger partial charge < -0.3 is 15.4 Å². The third kappa shape index (κ3) is 2.92. The van der Waals surface area contributed by atoms with Crippen LogP contribution < -0.4 is 5.73 Å². The zero-order chi connectivity index (χ0) is 10.8. The largest absolute Gasteiger partial charge is 0.375 e. The van der Waals surface area contributed by atoms with Crippen LogP contribution >= 0.6 is 0 Å². The van der Waals surface area contributed by atoms with Crippen LogP contribution in [0.15, 0.2) is 0 Å². The zero-order valence-corrected chi connectivity index (χ0v) is 9.32. The number of hydrogen-bond donors (Lipinski definition) is 1. The molecule has 0 spiro atoms. The Hall–Kier alpha value is -0.610. The molecule has 4 heteroatoms. The van der Waals surface area contributed by atoms with Gasteiger partial charge in [-0.15, -0.1) is 0 Å². The van der Waals surface area contributed by atoms with Gasteiger partial charge >= 0.3 is 0 Å². The van der Waals surface area contributed by atoms with Crippen molar-refractivity contribution in [2.24, 2.45) is 11.7 Å². The Morgan fingerprint density at radius 2 is 2.33 bits per heavy atom. The molecule has 1 amide bonds. The Morgan fingerprint density at radius 3 is 2.93 bits per heavy atom. The summed E-state index contributed by atoms with van der Waals surface area (Å²) < 4.78 is 5.40. The highest BCUT2D eigenvalue weighted by atomic mass is 16.5. The summed E-state index contributed by atoms with van der Waals surface area (Å²) in [6, 6.07) is 0.0793. The van der Waals surface area contributed by atoms with E-state index >= 15 is 0 Å². The molecule has 2 N–H and O–H groups in total. The molecule has 1 saturated heterocycles. The summed E-state index contributed by atoms with van der Waals surface area (Å²) in [5.74, 6) is 0.803. The van der Waals surface area contributed by atoms with Gasteiger partial charge in [-0.05, 0) is 25.7 Å². The van der Waals surface area contributed by atoms with E-state index in [1.807, 2.05) is 11.8 Å². The summed E-state index contributed by atoms with van der Waals surface area (Å²) in [5.41, 5.74) is 5.94. The van der Waals surface area contributed by atoms with Crippen LogP contribution in [-0.4, -0.2) is 42.6 Å². The van der Waals surface area contributed by atoms with Crippen molar-refractivity contribution >= 4 is 5.91 Å². The summed E-state index contributed by atoms with van der Waals surface area (Å²) in [6.45, 7) is 4.10. The molecule has 2 atom stereocenters. The number of nitrogens with two attached hydrogens (primary N) is 1. The van der Waals surface area contributed by atoms with Gasteiger partial charge in [-0.2, -0.15) is 0 Å². The van der Waals surface area contributed by atoms with Crippen molar-refractivity contribution in [3.63, 3.8) is 0 Å². The molecule has 1 aliphatic carbocycles. The second-order valence-electron chi connectivity index (χ2n) is 4.73. The van der Waals surface area contributed by atoms with Crippen molar-refractivity contribution in [2.75, 3.05) is 19.7 Å². The average molecular weight is 212 g/mol. The van der Waals surface area contributed by atoms with E-state index in [1.165, 1.54) is 12.8 Å². The predicted molar refractivity (Wildman–Crippen MR) is 57.3 cm³/mol. The smallest absolute Gasteiger partial charge is 0.224 e. The normalized spacial score (nSPS) is 28.9. The molecule has 1 heterocycles. The quantitative estimate of drug-likeness (QED) is 0.735. The van der Waals surface area contributed by atoms with Crippen molar-refractivity contribution in [3.8, 4) is 0 Å². The van der Waals surface area contributed by atoms with Crippen molar-refractivity contribution in [1.29, 1.82) is 0 Å². The van der Waals surface area contributed by atoms with Crippen molar-refractivity contribution in [2.45, 2.75) is 38.3 Å². The molecule has 0 aromatic carbocycles. The maximum absolute atomic E-state index is 11.9. The fourth-order valence-electron chi connectivity index (χ4n) is 2.07. The van der Waals surface area contributed by atoms with Gasteiger partial charge in [0.25, 0.3) is 0 Å². The van der Waals surface area contributed by atoms with E-state index in [1.54, 1.807) is 0 Å². The molecule has 2 unspecified atom stereocenters. The third-order valence-electron chi connectivity index (χ3n) is 3.23. The van der Waals surface area contributed by atoms with E-state index in [0.29, 0.717) is 18.9 Å². The molecule has 4 nitrogen and oxygen atoms in total. The van der Waals surface area contributed by atoms with Crippen LogP contribution in [0.2, 0.25) is 0 Å². The molecule has 0 aromatic heterocycles. The first-order valence-electron chi connectivity index (χ1n) is 5.82. The molecule has 2 rings (SSSR count). The molecule has 0 bridgehead atoms. The van der Waals surface area contributed by atoms with Gasteiger partial charge in [-0.1, -0.05) is 0 Å². The molecule has 2 aliphatic rings. The molecule has 1 saturated carbocycles. The fourth-order valence-corrected chi connectivity index (χ4v) is 2.07. The summed E-state index contributed by atoms with van der Waals surface area (Å²) in [5, 5.41) is 0. The minimum Gasteiger partial charge on any atom is -0.375 e. The first kappa shape index (κ1) is 10.9. The van der Waals surface area contributed by atoms with Crippen LogP contribution in [0, 0.1) is 5.92 Å². The Balaban J connectivity index is 1.78. The zero-order valence-electron chi connectivity index (χ0n) is 9.32. The lowest BCUT2D eigenvalue weighted by molar-refractivity contribution is -0.138. The van der Waals surface area contributed by atoms with Crippen molar-refractivity contribution < 1.29 is 9.53 Å². The maximum atomic E-state index is 11.9. The number of ether oxygens (including phenoxy) is 1. The molecule has 86 valence electrons. The molecular formula is C11H20N2O2. The number of rotatable bonds is 3. The lowest BCUT2D eigenvalue weighted by atomic mass is 10.1. The highest BCUT2D eigenvalue weighted by Gasteiger charge is 2.31. The lowest BCUT2D eigenvalue weighted by Crippen LogP contribution is -2.46. The van der Waals surface area contributed by atoms with E-state index in [2.05, 4.69) is 0 Å². The summed E-state index contributed by atoms with van der Waals surface area (Å²) >= 11 is 0. The van der Waals surface area contributed by atoms with E-state index in [4.69, 9.17) is 10.5 Å². The summed E-state index contributed by atoms with van der Waals surface area (Å²) in [6.07, 6.45) is 3.08. The number of carbonyl (C=O) groups excluding carboxylic acids is 1. The van der Waals surface area contributed by atoms with Gasteiger partial charge in [0.1, 0.15) is 0 Å². The fraction of sp³-hybridized carbons (Fsp3) is 0.909. The van der Waals surface area contributed by atoms with Crippen LogP contribution in [0.4, 0.5) is 0 Å². The Bertz CT molecular complexity index is 241. The molecule has 0 radical (unpaired) electrons. The standard InChI is InChI=1S/C11H20N2O2/c1-8-7-13(4-5-15-8)11(14)6-10(12)9-2-3-9/h8-10H,2-7,12H2,1H3. The SMILES string of the molecule is CC1CN(C(=O)CC(N)C2CC2)CCO1. The van der Waals surface area contributed by atoms with E-state index in [-0.39, 0.29) is 18.1 Å². The predicted octanol–water partition coefficient (Wildman–Crippen LogP) is 0.361.